The molecular formula is C16H23N3O2. The van der Waals surface area contributed by atoms with Crippen LogP contribution in [-0.2, 0) is 0 Å². The van der Waals surface area contributed by atoms with E-state index in [1.54, 1.807) is 12.1 Å². The number of pyridine rings is 1. The van der Waals surface area contributed by atoms with Crippen LogP contribution < -0.4 is 5.32 Å². The van der Waals surface area contributed by atoms with Gasteiger partial charge < -0.3 is 10.4 Å². The van der Waals surface area contributed by atoms with Gasteiger partial charge in [-0.1, -0.05) is 13.8 Å². The predicted molar refractivity (Wildman–Crippen MR) is 81.9 cm³/mol. The van der Waals surface area contributed by atoms with Crippen LogP contribution in [0.5, 0.6) is 0 Å². The van der Waals surface area contributed by atoms with Crippen LogP contribution in [0.3, 0.4) is 0 Å². The first-order valence-corrected chi connectivity index (χ1v) is 7.80. The maximum atomic E-state index is 11.3. The lowest BCUT2D eigenvalue weighted by molar-refractivity contribution is 0.0696. The van der Waals surface area contributed by atoms with E-state index in [9.17, 15) is 9.90 Å². The SMILES string of the molecule is CC(C)c1cc(C(=O)O)cc(NC2CCN3CCCC23)n1. The topological polar surface area (TPSA) is 65.5 Å². The molecule has 5 nitrogen and oxygen atoms in total. The van der Waals surface area contributed by atoms with Crippen molar-refractivity contribution in [1.29, 1.82) is 0 Å². The van der Waals surface area contributed by atoms with E-state index in [4.69, 9.17) is 0 Å². The summed E-state index contributed by atoms with van der Waals surface area (Å²) in [6.07, 6.45) is 3.61. The van der Waals surface area contributed by atoms with Crippen LogP contribution in [0, 0.1) is 0 Å². The van der Waals surface area contributed by atoms with E-state index >= 15 is 0 Å². The number of anilines is 1. The zero-order valence-corrected chi connectivity index (χ0v) is 12.7. The summed E-state index contributed by atoms with van der Waals surface area (Å²) < 4.78 is 0. The van der Waals surface area contributed by atoms with Gasteiger partial charge in [-0.15, -0.1) is 0 Å². The third-order valence-corrected chi connectivity index (χ3v) is 4.62. The molecule has 3 heterocycles. The number of hydrogen-bond acceptors (Lipinski definition) is 4. The number of carbonyl (C=O) groups is 1. The molecule has 2 N–H and O–H groups in total. The summed E-state index contributed by atoms with van der Waals surface area (Å²) in [7, 11) is 0. The molecule has 0 saturated carbocycles. The highest BCUT2D eigenvalue weighted by Gasteiger charge is 2.37. The van der Waals surface area contributed by atoms with E-state index in [0.29, 0.717) is 23.5 Å². The Kier molecular flexibility index (Phi) is 3.85. The number of nitrogens with zero attached hydrogens (tertiary/aromatic N) is 2. The highest BCUT2D eigenvalue weighted by molar-refractivity contribution is 5.88. The van der Waals surface area contributed by atoms with Gasteiger partial charge in [-0.2, -0.15) is 0 Å². The third kappa shape index (κ3) is 2.88. The molecule has 2 aliphatic rings. The number of hydrogen-bond donors (Lipinski definition) is 2. The molecule has 1 aromatic heterocycles. The van der Waals surface area contributed by atoms with Gasteiger partial charge in [-0.05, 0) is 43.9 Å². The van der Waals surface area contributed by atoms with Gasteiger partial charge in [0.15, 0.2) is 0 Å². The first kappa shape index (κ1) is 14.3. The van der Waals surface area contributed by atoms with Crippen LogP contribution in [0.25, 0.3) is 0 Å². The molecule has 2 fully saturated rings. The number of fused-ring (bicyclic) bond motifs is 1. The van der Waals surface area contributed by atoms with E-state index in [1.807, 2.05) is 13.8 Å². The molecule has 1 aromatic rings. The van der Waals surface area contributed by atoms with E-state index in [-0.39, 0.29) is 5.92 Å². The Labute approximate surface area is 125 Å². The number of aromatic carboxylic acids is 1. The van der Waals surface area contributed by atoms with Crippen LogP contribution >= 0.6 is 0 Å². The van der Waals surface area contributed by atoms with Crippen LogP contribution in [0.15, 0.2) is 12.1 Å². The molecule has 2 unspecified atom stereocenters. The highest BCUT2D eigenvalue weighted by atomic mass is 16.4. The van der Waals surface area contributed by atoms with Crippen molar-refractivity contribution in [3.8, 4) is 0 Å². The number of nitrogens with one attached hydrogen (secondary N) is 1. The second-order valence-electron chi connectivity index (χ2n) is 6.41. The quantitative estimate of drug-likeness (QED) is 0.891. The van der Waals surface area contributed by atoms with E-state index in [1.165, 1.54) is 19.4 Å². The molecular weight excluding hydrogens is 266 g/mol. The largest absolute Gasteiger partial charge is 0.478 e. The summed E-state index contributed by atoms with van der Waals surface area (Å²) in [5.74, 6) is 0.0324. The van der Waals surface area contributed by atoms with Crippen molar-refractivity contribution in [2.24, 2.45) is 0 Å². The zero-order valence-electron chi connectivity index (χ0n) is 12.7. The normalized spacial score (nSPS) is 25.3. The van der Waals surface area contributed by atoms with Gasteiger partial charge in [0.25, 0.3) is 0 Å². The molecule has 0 bridgehead atoms. The molecule has 0 amide bonds. The fourth-order valence-corrected chi connectivity index (χ4v) is 3.49. The Hall–Kier alpha value is -1.62. The average molecular weight is 289 g/mol. The van der Waals surface area contributed by atoms with Gasteiger partial charge in [0, 0.05) is 24.3 Å². The second-order valence-corrected chi connectivity index (χ2v) is 6.41. The first-order valence-electron chi connectivity index (χ1n) is 7.80. The maximum absolute atomic E-state index is 11.3. The minimum atomic E-state index is -0.892. The van der Waals surface area contributed by atoms with Gasteiger partial charge >= 0.3 is 5.97 Å². The Balaban J connectivity index is 1.82. The van der Waals surface area contributed by atoms with E-state index in [2.05, 4.69) is 15.2 Å². The Morgan fingerprint density at radius 3 is 2.90 bits per heavy atom. The molecule has 0 radical (unpaired) electrons. The lowest BCUT2D eigenvalue weighted by atomic mass is 10.1. The van der Waals surface area contributed by atoms with Gasteiger partial charge in [0.2, 0.25) is 0 Å². The van der Waals surface area contributed by atoms with Gasteiger partial charge in [0.1, 0.15) is 5.82 Å². The number of carboxylic acids is 1. The minimum Gasteiger partial charge on any atom is -0.478 e. The van der Waals surface area contributed by atoms with Gasteiger partial charge in [-0.25, -0.2) is 9.78 Å². The van der Waals surface area contributed by atoms with Crippen LogP contribution in [-0.4, -0.2) is 46.1 Å². The second kappa shape index (κ2) is 5.64. The van der Waals surface area contributed by atoms with Crippen LogP contribution in [0.2, 0.25) is 0 Å². The van der Waals surface area contributed by atoms with Gasteiger partial charge in [0.05, 0.1) is 5.56 Å². The van der Waals surface area contributed by atoms with Crippen molar-refractivity contribution in [3.05, 3.63) is 23.4 Å². The molecule has 114 valence electrons. The van der Waals surface area contributed by atoms with E-state index in [0.717, 1.165) is 18.7 Å². The predicted octanol–water partition coefficient (Wildman–Crippen LogP) is 2.55. The smallest absolute Gasteiger partial charge is 0.335 e. The first-order chi connectivity index (χ1) is 10.0. The summed E-state index contributed by atoms with van der Waals surface area (Å²) >= 11 is 0. The molecule has 0 aromatic carbocycles. The zero-order chi connectivity index (χ0) is 15.0. The summed E-state index contributed by atoms with van der Waals surface area (Å²) in [5, 5.41) is 12.7. The fraction of sp³-hybridized carbons (Fsp3) is 0.625. The monoisotopic (exact) mass is 289 g/mol. The van der Waals surface area contributed by atoms with Crippen molar-refractivity contribution >= 4 is 11.8 Å². The Bertz CT molecular complexity index is 544. The summed E-state index contributed by atoms with van der Waals surface area (Å²) in [6, 6.07) is 4.31. The minimum absolute atomic E-state index is 0.219. The van der Waals surface area contributed by atoms with E-state index < -0.39 is 5.97 Å². The van der Waals surface area contributed by atoms with Crippen molar-refractivity contribution < 1.29 is 9.90 Å². The standard InChI is InChI=1S/C16H23N3O2/c1-10(2)13-8-11(16(20)21)9-15(18-13)17-12-5-7-19-6-3-4-14(12)19/h8-10,12,14H,3-7H2,1-2H3,(H,17,18)(H,20,21). The molecule has 0 aliphatic carbocycles. The maximum Gasteiger partial charge on any atom is 0.335 e. The average Bonchev–Trinajstić information content (AvgIpc) is 3.03. The fourth-order valence-electron chi connectivity index (χ4n) is 3.49. The third-order valence-electron chi connectivity index (χ3n) is 4.62. The van der Waals surface area contributed by atoms with Crippen molar-refractivity contribution in [2.75, 3.05) is 18.4 Å². The van der Waals surface area contributed by atoms with Gasteiger partial charge in [-0.3, -0.25) is 4.90 Å². The van der Waals surface area contributed by atoms with Crippen molar-refractivity contribution in [2.45, 2.75) is 51.1 Å². The Morgan fingerprint density at radius 1 is 1.38 bits per heavy atom. The molecule has 2 aliphatic heterocycles. The molecule has 2 saturated heterocycles. The van der Waals surface area contributed by atoms with Crippen molar-refractivity contribution in [1.82, 2.24) is 9.88 Å². The summed E-state index contributed by atoms with van der Waals surface area (Å²) in [5.41, 5.74) is 1.15. The molecule has 5 heteroatoms. The summed E-state index contributed by atoms with van der Waals surface area (Å²) in [4.78, 5) is 18.4. The summed E-state index contributed by atoms with van der Waals surface area (Å²) in [6.45, 7) is 6.40. The molecule has 0 spiro atoms. The number of aromatic nitrogens is 1. The number of rotatable bonds is 4. The van der Waals surface area contributed by atoms with Crippen molar-refractivity contribution in [3.63, 3.8) is 0 Å². The number of carboxylic acid groups (broad SMARTS) is 1. The molecule has 3 rings (SSSR count). The molecule has 21 heavy (non-hydrogen) atoms. The highest BCUT2D eigenvalue weighted by Crippen LogP contribution is 2.30. The van der Waals surface area contributed by atoms with Crippen LogP contribution in [0.4, 0.5) is 5.82 Å². The molecule has 2 atom stereocenters. The van der Waals surface area contributed by atoms with Crippen LogP contribution in [0.1, 0.15) is 55.1 Å². The lowest BCUT2D eigenvalue weighted by Crippen LogP contribution is -2.34. The Morgan fingerprint density at radius 2 is 2.19 bits per heavy atom. The lowest BCUT2D eigenvalue weighted by Gasteiger charge is -2.22.